The van der Waals surface area contributed by atoms with Crippen molar-refractivity contribution in [2.45, 2.75) is 32.7 Å². The summed E-state index contributed by atoms with van der Waals surface area (Å²) in [6.45, 7) is 4.43. The fraction of sp³-hybridized carbons (Fsp3) is 0.545. The predicted octanol–water partition coefficient (Wildman–Crippen LogP) is 0.130. The molecule has 2 rings (SSSR count). The van der Waals surface area contributed by atoms with Gasteiger partial charge in [0.1, 0.15) is 23.5 Å². The summed E-state index contributed by atoms with van der Waals surface area (Å²) in [7, 11) is 0. The lowest BCUT2D eigenvalue weighted by atomic mass is 10.2. The summed E-state index contributed by atoms with van der Waals surface area (Å²) in [5, 5.41) is 0. The molecule has 0 spiro atoms. The van der Waals surface area contributed by atoms with Crippen LogP contribution in [0.3, 0.4) is 0 Å². The monoisotopic (exact) mass is 235 g/mol. The number of anilines is 2. The van der Waals surface area contributed by atoms with E-state index >= 15 is 0 Å². The Bertz CT molecular complexity index is 459. The van der Waals surface area contributed by atoms with Crippen LogP contribution in [0, 0.1) is 13.8 Å². The highest BCUT2D eigenvalue weighted by atomic mass is 16.1. The first-order valence-corrected chi connectivity index (χ1v) is 5.67. The number of hydrogen-bond donors (Lipinski definition) is 2. The molecule has 0 saturated carbocycles. The maximum absolute atomic E-state index is 11.4. The normalized spacial score (nSPS) is 19.6. The Morgan fingerprint density at radius 1 is 1.41 bits per heavy atom. The highest BCUT2D eigenvalue weighted by molar-refractivity contribution is 5.84. The highest BCUT2D eigenvalue weighted by Crippen LogP contribution is 2.28. The molecule has 4 N–H and O–H groups in total. The molecule has 1 saturated heterocycles. The molecule has 17 heavy (non-hydrogen) atoms. The minimum absolute atomic E-state index is 0.276. The summed E-state index contributed by atoms with van der Waals surface area (Å²) in [5.41, 5.74) is 12.0. The number of carbonyl (C=O) groups excluding carboxylic acids is 1. The smallest absolute Gasteiger partial charge is 0.240 e. The Balaban J connectivity index is 2.43. The van der Waals surface area contributed by atoms with E-state index in [0.717, 1.165) is 30.8 Å². The maximum atomic E-state index is 11.4. The first kappa shape index (κ1) is 11.6. The lowest BCUT2D eigenvalue weighted by molar-refractivity contribution is -0.119. The first-order valence-electron chi connectivity index (χ1n) is 5.67. The molecule has 6 nitrogen and oxygen atoms in total. The summed E-state index contributed by atoms with van der Waals surface area (Å²) in [6, 6.07) is -0.276. The number of nitrogens with zero attached hydrogens (tertiary/aromatic N) is 3. The molecule has 1 fully saturated rings. The Labute approximate surface area is 100 Å². The van der Waals surface area contributed by atoms with Crippen LogP contribution in [0.25, 0.3) is 0 Å². The van der Waals surface area contributed by atoms with Crippen molar-refractivity contribution in [2.75, 3.05) is 17.2 Å². The molecular formula is C11H17N5O. The average Bonchev–Trinajstić information content (AvgIpc) is 2.72. The lowest BCUT2D eigenvalue weighted by Crippen LogP contribution is -2.41. The summed E-state index contributed by atoms with van der Waals surface area (Å²) < 4.78 is 0. The maximum Gasteiger partial charge on any atom is 0.240 e. The predicted molar refractivity (Wildman–Crippen MR) is 65.5 cm³/mol. The van der Waals surface area contributed by atoms with Crippen LogP contribution in [0.4, 0.5) is 11.6 Å². The second-order valence-corrected chi connectivity index (χ2v) is 4.36. The number of rotatable bonds is 2. The molecule has 0 aliphatic carbocycles. The van der Waals surface area contributed by atoms with E-state index in [9.17, 15) is 4.79 Å². The van der Waals surface area contributed by atoms with Gasteiger partial charge < -0.3 is 16.4 Å². The second kappa shape index (κ2) is 4.20. The van der Waals surface area contributed by atoms with E-state index in [1.165, 1.54) is 0 Å². The third-order valence-corrected chi connectivity index (χ3v) is 3.12. The minimum Gasteiger partial charge on any atom is -0.383 e. The molecule has 1 aromatic rings. The second-order valence-electron chi connectivity index (χ2n) is 4.36. The van der Waals surface area contributed by atoms with Crippen LogP contribution >= 0.6 is 0 Å². The van der Waals surface area contributed by atoms with Gasteiger partial charge in [-0.2, -0.15) is 0 Å². The van der Waals surface area contributed by atoms with Crippen molar-refractivity contribution in [3.63, 3.8) is 0 Å². The molecule has 6 heteroatoms. The van der Waals surface area contributed by atoms with E-state index in [0.29, 0.717) is 11.6 Å². The van der Waals surface area contributed by atoms with Crippen LogP contribution < -0.4 is 16.4 Å². The van der Waals surface area contributed by atoms with E-state index in [2.05, 4.69) is 9.97 Å². The van der Waals surface area contributed by atoms with Crippen LogP contribution in [0.2, 0.25) is 0 Å². The van der Waals surface area contributed by atoms with Gasteiger partial charge >= 0.3 is 0 Å². The Morgan fingerprint density at radius 3 is 2.76 bits per heavy atom. The van der Waals surface area contributed by atoms with Gasteiger partial charge in [-0.3, -0.25) is 4.79 Å². The van der Waals surface area contributed by atoms with Crippen molar-refractivity contribution in [1.82, 2.24) is 9.97 Å². The van der Waals surface area contributed by atoms with Gasteiger partial charge in [0.15, 0.2) is 0 Å². The number of carbonyl (C=O) groups is 1. The zero-order valence-electron chi connectivity index (χ0n) is 10.1. The third kappa shape index (κ3) is 2.02. The molecular weight excluding hydrogens is 218 g/mol. The first-order chi connectivity index (χ1) is 8.00. The van der Waals surface area contributed by atoms with Crippen LogP contribution in [-0.4, -0.2) is 28.5 Å². The number of primary amides is 1. The van der Waals surface area contributed by atoms with Crippen molar-refractivity contribution in [2.24, 2.45) is 5.73 Å². The molecule has 92 valence electrons. The topological polar surface area (TPSA) is 98.1 Å². The van der Waals surface area contributed by atoms with Gasteiger partial charge in [-0.25, -0.2) is 9.97 Å². The Morgan fingerprint density at radius 2 is 2.12 bits per heavy atom. The fourth-order valence-corrected chi connectivity index (χ4v) is 2.23. The van der Waals surface area contributed by atoms with Gasteiger partial charge in [-0.1, -0.05) is 0 Å². The van der Waals surface area contributed by atoms with Crippen molar-refractivity contribution in [3.8, 4) is 0 Å². The number of hydrogen-bond acceptors (Lipinski definition) is 5. The quantitative estimate of drug-likeness (QED) is 0.759. The van der Waals surface area contributed by atoms with E-state index in [1.54, 1.807) is 6.92 Å². The van der Waals surface area contributed by atoms with E-state index in [1.807, 2.05) is 11.8 Å². The molecule has 1 aliphatic heterocycles. The Kier molecular flexibility index (Phi) is 2.87. The largest absolute Gasteiger partial charge is 0.383 e. The van der Waals surface area contributed by atoms with Gasteiger partial charge in [0.2, 0.25) is 5.91 Å². The number of nitrogens with two attached hydrogens (primary N) is 2. The van der Waals surface area contributed by atoms with Crippen molar-refractivity contribution < 1.29 is 4.79 Å². The molecule has 0 aromatic carbocycles. The zero-order valence-corrected chi connectivity index (χ0v) is 10.1. The van der Waals surface area contributed by atoms with Crippen LogP contribution in [0.5, 0.6) is 0 Å². The molecule has 1 aromatic heterocycles. The van der Waals surface area contributed by atoms with Crippen LogP contribution in [-0.2, 0) is 4.79 Å². The molecule has 2 heterocycles. The number of aryl methyl sites for hydroxylation is 1. The van der Waals surface area contributed by atoms with Gasteiger partial charge in [0, 0.05) is 12.1 Å². The third-order valence-electron chi connectivity index (χ3n) is 3.12. The molecule has 0 bridgehead atoms. The van der Waals surface area contributed by atoms with Gasteiger partial charge in [-0.05, 0) is 26.7 Å². The number of amides is 1. The van der Waals surface area contributed by atoms with E-state index in [-0.39, 0.29) is 11.9 Å². The van der Waals surface area contributed by atoms with Crippen molar-refractivity contribution >= 4 is 17.5 Å². The Hall–Kier alpha value is -1.85. The van der Waals surface area contributed by atoms with Crippen LogP contribution in [0.1, 0.15) is 24.2 Å². The van der Waals surface area contributed by atoms with Gasteiger partial charge in [0.25, 0.3) is 0 Å². The molecule has 1 atom stereocenters. The minimum atomic E-state index is -0.309. The van der Waals surface area contributed by atoms with E-state index < -0.39 is 0 Å². The van der Waals surface area contributed by atoms with E-state index in [4.69, 9.17) is 11.5 Å². The summed E-state index contributed by atoms with van der Waals surface area (Å²) in [4.78, 5) is 21.8. The zero-order chi connectivity index (χ0) is 12.6. The number of aromatic nitrogens is 2. The molecule has 1 aliphatic rings. The van der Waals surface area contributed by atoms with Crippen LogP contribution in [0.15, 0.2) is 0 Å². The molecule has 1 unspecified atom stereocenters. The fourth-order valence-electron chi connectivity index (χ4n) is 2.23. The summed E-state index contributed by atoms with van der Waals surface area (Å²) in [6.07, 6.45) is 1.72. The van der Waals surface area contributed by atoms with Crippen molar-refractivity contribution in [1.29, 1.82) is 0 Å². The summed E-state index contributed by atoms with van der Waals surface area (Å²) >= 11 is 0. The summed E-state index contributed by atoms with van der Waals surface area (Å²) in [5.74, 6) is 1.49. The molecule has 0 radical (unpaired) electrons. The molecule has 1 amide bonds. The van der Waals surface area contributed by atoms with Crippen molar-refractivity contribution in [3.05, 3.63) is 11.4 Å². The standard InChI is InChI=1S/C11H17N5O/c1-6-9(12)14-7(2)15-11(6)16-5-3-4-8(16)10(13)17/h8H,3-5H2,1-2H3,(H2,13,17)(H2,12,14,15). The SMILES string of the molecule is Cc1nc(N)c(C)c(N2CCCC2C(N)=O)n1. The van der Waals surface area contributed by atoms with Gasteiger partial charge in [0.05, 0.1) is 0 Å². The average molecular weight is 235 g/mol. The number of nitrogen functional groups attached to an aromatic ring is 1. The highest BCUT2D eigenvalue weighted by Gasteiger charge is 2.31. The van der Waals surface area contributed by atoms with Gasteiger partial charge in [-0.15, -0.1) is 0 Å². The lowest BCUT2D eigenvalue weighted by Gasteiger charge is -2.25.